The number of pyridine rings is 1. The van der Waals surface area contributed by atoms with Crippen molar-refractivity contribution < 1.29 is 4.39 Å². The van der Waals surface area contributed by atoms with E-state index in [0.29, 0.717) is 17.3 Å². The zero-order valence-electron chi connectivity index (χ0n) is 10.5. The summed E-state index contributed by atoms with van der Waals surface area (Å²) in [5.74, 6) is -0.381. The van der Waals surface area contributed by atoms with E-state index in [2.05, 4.69) is 10.3 Å². The SMILES string of the molecule is Cc1ccncc1C(CN)Nc1cc(F)cc(Cl)c1. The fourth-order valence-corrected chi connectivity index (χ4v) is 2.16. The molecule has 0 bridgehead atoms. The molecule has 5 heteroatoms. The van der Waals surface area contributed by atoms with Gasteiger partial charge in [-0.15, -0.1) is 0 Å². The van der Waals surface area contributed by atoms with E-state index in [0.717, 1.165) is 11.1 Å². The highest BCUT2D eigenvalue weighted by Gasteiger charge is 2.12. The second kappa shape index (κ2) is 5.99. The van der Waals surface area contributed by atoms with Crippen LogP contribution in [-0.2, 0) is 0 Å². The molecular formula is C14H15ClFN3. The van der Waals surface area contributed by atoms with Crippen molar-refractivity contribution in [2.24, 2.45) is 5.73 Å². The second-order valence-corrected chi connectivity index (χ2v) is 4.76. The Bertz CT molecular complexity index is 554. The minimum atomic E-state index is -0.381. The number of nitrogens with one attached hydrogen (secondary N) is 1. The Labute approximate surface area is 116 Å². The van der Waals surface area contributed by atoms with Gasteiger partial charge >= 0.3 is 0 Å². The van der Waals surface area contributed by atoms with Gasteiger partial charge in [0.15, 0.2) is 0 Å². The highest BCUT2D eigenvalue weighted by Crippen LogP contribution is 2.24. The minimum Gasteiger partial charge on any atom is -0.377 e. The normalized spacial score (nSPS) is 12.2. The lowest BCUT2D eigenvalue weighted by Gasteiger charge is -2.20. The highest BCUT2D eigenvalue weighted by atomic mass is 35.5. The van der Waals surface area contributed by atoms with Crippen LogP contribution in [0.2, 0.25) is 5.02 Å². The maximum atomic E-state index is 13.3. The van der Waals surface area contributed by atoms with Crippen molar-refractivity contribution in [2.45, 2.75) is 13.0 Å². The van der Waals surface area contributed by atoms with Crippen molar-refractivity contribution in [2.75, 3.05) is 11.9 Å². The Kier molecular flexibility index (Phi) is 4.35. The Morgan fingerprint density at radius 1 is 1.42 bits per heavy atom. The molecule has 0 fully saturated rings. The van der Waals surface area contributed by atoms with Gasteiger partial charge in [0.2, 0.25) is 0 Å². The van der Waals surface area contributed by atoms with E-state index in [1.54, 1.807) is 18.5 Å². The summed E-state index contributed by atoms with van der Waals surface area (Å²) in [4.78, 5) is 4.10. The molecule has 1 aromatic heterocycles. The van der Waals surface area contributed by atoms with Gasteiger partial charge in [-0.2, -0.15) is 0 Å². The van der Waals surface area contributed by atoms with Crippen LogP contribution in [0.1, 0.15) is 17.2 Å². The number of nitrogens with zero attached hydrogens (tertiary/aromatic N) is 1. The van der Waals surface area contributed by atoms with Gasteiger partial charge in [0.25, 0.3) is 0 Å². The molecule has 0 saturated carbocycles. The third-order valence-corrected chi connectivity index (χ3v) is 3.11. The van der Waals surface area contributed by atoms with E-state index in [4.69, 9.17) is 17.3 Å². The number of aromatic nitrogens is 1. The van der Waals surface area contributed by atoms with Crippen LogP contribution in [-0.4, -0.2) is 11.5 Å². The summed E-state index contributed by atoms with van der Waals surface area (Å²) in [6.07, 6.45) is 3.49. The van der Waals surface area contributed by atoms with Crippen molar-refractivity contribution in [3.05, 3.63) is 58.6 Å². The number of benzene rings is 1. The van der Waals surface area contributed by atoms with Crippen molar-refractivity contribution in [3.63, 3.8) is 0 Å². The largest absolute Gasteiger partial charge is 0.377 e. The van der Waals surface area contributed by atoms with Crippen LogP contribution in [0.4, 0.5) is 10.1 Å². The summed E-state index contributed by atoms with van der Waals surface area (Å²) in [6.45, 7) is 2.36. The van der Waals surface area contributed by atoms with Gasteiger partial charge in [-0.3, -0.25) is 4.98 Å². The molecule has 1 atom stereocenters. The van der Waals surface area contributed by atoms with Crippen LogP contribution >= 0.6 is 11.6 Å². The molecule has 0 saturated heterocycles. The average Bonchev–Trinajstić information content (AvgIpc) is 2.36. The predicted molar refractivity (Wildman–Crippen MR) is 75.8 cm³/mol. The summed E-state index contributed by atoms with van der Waals surface area (Å²) in [7, 11) is 0. The molecule has 1 heterocycles. The maximum absolute atomic E-state index is 13.3. The predicted octanol–water partition coefficient (Wildman–Crippen LogP) is 3.29. The van der Waals surface area contributed by atoms with Gasteiger partial charge in [0.05, 0.1) is 6.04 Å². The molecule has 2 rings (SSSR count). The second-order valence-electron chi connectivity index (χ2n) is 4.32. The molecule has 1 aromatic carbocycles. The molecule has 0 aliphatic heterocycles. The number of hydrogen-bond donors (Lipinski definition) is 2. The molecule has 3 N–H and O–H groups in total. The Morgan fingerprint density at radius 2 is 2.21 bits per heavy atom. The molecular weight excluding hydrogens is 265 g/mol. The van der Waals surface area contributed by atoms with Crippen LogP contribution in [0.25, 0.3) is 0 Å². The number of hydrogen-bond acceptors (Lipinski definition) is 3. The molecule has 0 aliphatic rings. The lowest BCUT2D eigenvalue weighted by Crippen LogP contribution is -2.21. The Morgan fingerprint density at radius 3 is 2.84 bits per heavy atom. The molecule has 100 valence electrons. The van der Waals surface area contributed by atoms with Crippen LogP contribution in [0.5, 0.6) is 0 Å². The van der Waals surface area contributed by atoms with E-state index in [-0.39, 0.29) is 11.9 Å². The lowest BCUT2D eigenvalue weighted by molar-refractivity contribution is 0.627. The fourth-order valence-electron chi connectivity index (χ4n) is 1.94. The van der Waals surface area contributed by atoms with Crippen molar-refractivity contribution in [3.8, 4) is 0 Å². The molecule has 19 heavy (non-hydrogen) atoms. The van der Waals surface area contributed by atoms with Crippen LogP contribution in [0.15, 0.2) is 36.7 Å². The van der Waals surface area contributed by atoms with Crippen LogP contribution < -0.4 is 11.1 Å². The van der Waals surface area contributed by atoms with Crippen molar-refractivity contribution in [1.82, 2.24) is 4.98 Å². The number of aryl methyl sites for hydroxylation is 1. The van der Waals surface area contributed by atoms with Gasteiger partial charge in [0.1, 0.15) is 5.82 Å². The summed E-state index contributed by atoms with van der Waals surface area (Å²) < 4.78 is 13.3. The minimum absolute atomic E-state index is 0.133. The number of anilines is 1. The summed E-state index contributed by atoms with van der Waals surface area (Å²) >= 11 is 5.83. The number of halogens is 2. The molecule has 3 nitrogen and oxygen atoms in total. The number of nitrogens with two attached hydrogens (primary N) is 1. The Balaban J connectivity index is 2.26. The van der Waals surface area contributed by atoms with Crippen LogP contribution in [0.3, 0.4) is 0 Å². The highest BCUT2D eigenvalue weighted by molar-refractivity contribution is 6.30. The van der Waals surface area contributed by atoms with E-state index in [1.807, 2.05) is 13.0 Å². The third kappa shape index (κ3) is 3.43. The first-order valence-corrected chi connectivity index (χ1v) is 6.31. The summed E-state index contributed by atoms with van der Waals surface area (Å²) in [5.41, 5.74) is 8.46. The van der Waals surface area contributed by atoms with Crippen molar-refractivity contribution in [1.29, 1.82) is 0 Å². The van der Waals surface area contributed by atoms with Gasteiger partial charge in [-0.25, -0.2) is 4.39 Å². The first-order chi connectivity index (χ1) is 9.10. The standard InChI is InChI=1S/C14H15ClFN3/c1-9-2-3-18-8-13(9)14(7-17)19-12-5-10(15)4-11(16)6-12/h2-6,8,14,19H,7,17H2,1H3. The summed E-state index contributed by atoms with van der Waals surface area (Å²) in [6, 6.07) is 6.10. The van der Waals surface area contributed by atoms with E-state index >= 15 is 0 Å². The smallest absolute Gasteiger partial charge is 0.126 e. The van der Waals surface area contributed by atoms with E-state index < -0.39 is 0 Å². The zero-order valence-corrected chi connectivity index (χ0v) is 11.3. The van der Waals surface area contributed by atoms with Gasteiger partial charge in [-0.1, -0.05) is 11.6 Å². The lowest BCUT2D eigenvalue weighted by atomic mass is 10.0. The molecule has 1 unspecified atom stereocenters. The first kappa shape index (κ1) is 13.8. The Hall–Kier alpha value is -1.65. The topological polar surface area (TPSA) is 50.9 Å². The first-order valence-electron chi connectivity index (χ1n) is 5.93. The molecule has 0 spiro atoms. The monoisotopic (exact) mass is 279 g/mol. The average molecular weight is 280 g/mol. The number of rotatable bonds is 4. The van der Waals surface area contributed by atoms with Gasteiger partial charge in [-0.05, 0) is 42.3 Å². The van der Waals surface area contributed by atoms with Gasteiger partial charge in [0, 0.05) is 29.6 Å². The molecule has 0 aliphatic carbocycles. The van der Waals surface area contributed by atoms with Crippen molar-refractivity contribution >= 4 is 17.3 Å². The third-order valence-electron chi connectivity index (χ3n) is 2.89. The fraction of sp³-hybridized carbons (Fsp3) is 0.214. The zero-order chi connectivity index (χ0) is 13.8. The summed E-state index contributed by atoms with van der Waals surface area (Å²) in [5, 5.41) is 3.53. The van der Waals surface area contributed by atoms with Gasteiger partial charge < -0.3 is 11.1 Å². The quantitative estimate of drug-likeness (QED) is 0.903. The molecule has 0 amide bonds. The van der Waals surface area contributed by atoms with E-state index in [1.165, 1.54) is 12.1 Å². The molecule has 0 radical (unpaired) electrons. The van der Waals surface area contributed by atoms with Crippen LogP contribution in [0, 0.1) is 12.7 Å². The van der Waals surface area contributed by atoms with E-state index in [9.17, 15) is 4.39 Å². The maximum Gasteiger partial charge on any atom is 0.126 e. The molecule has 2 aromatic rings.